The Hall–Kier alpha value is -1.33. The first-order valence-corrected chi connectivity index (χ1v) is 7.04. The fourth-order valence-electron chi connectivity index (χ4n) is 1.64. The molecule has 1 heterocycles. The monoisotopic (exact) mass is 341 g/mol. The van der Waals surface area contributed by atoms with E-state index in [2.05, 4.69) is 26.3 Å². The summed E-state index contributed by atoms with van der Waals surface area (Å²) in [5, 5.41) is 7.39. The van der Waals surface area contributed by atoms with Gasteiger partial charge in [0.2, 0.25) is 0 Å². The molecule has 0 atom stereocenters. The molecule has 0 aliphatic rings. The molecule has 1 aromatic heterocycles. The first-order valence-electron chi connectivity index (χ1n) is 5.87. The largest absolute Gasteiger partial charge is 0.352 e. The molecule has 100 valence electrons. The second-order valence-electron chi connectivity index (χ2n) is 4.00. The molecular weight excluding hydrogens is 330 g/mol. The maximum absolute atomic E-state index is 11.9. The van der Waals surface area contributed by atoms with Crippen LogP contribution in [-0.2, 0) is 6.54 Å². The number of hydrogen-bond donors (Lipinski definition) is 1. The summed E-state index contributed by atoms with van der Waals surface area (Å²) < 4.78 is 2.66. The molecule has 0 aliphatic heterocycles. The van der Waals surface area contributed by atoms with E-state index < -0.39 is 0 Å². The van der Waals surface area contributed by atoms with Gasteiger partial charge in [0, 0.05) is 30.0 Å². The van der Waals surface area contributed by atoms with Crippen LogP contribution in [0.25, 0.3) is 0 Å². The number of aromatic nitrogens is 2. The Labute approximate surface area is 124 Å². The van der Waals surface area contributed by atoms with Crippen LogP contribution < -0.4 is 5.32 Å². The minimum absolute atomic E-state index is 0.160. The van der Waals surface area contributed by atoms with Gasteiger partial charge >= 0.3 is 0 Å². The third kappa shape index (κ3) is 4.08. The molecule has 1 N–H and O–H groups in total. The zero-order chi connectivity index (χ0) is 13.7. The van der Waals surface area contributed by atoms with Crippen molar-refractivity contribution in [1.82, 2.24) is 15.1 Å². The van der Waals surface area contributed by atoms with Gasteiger partial charge in [-0.25, -0.2) is 0 Å². The van der Waals surface area contributed by atoms with Crippen molar-refractivity contribution in [2.75, 3.05) is 6.54 Å². The lowest BCUT2D eigenvalue weighted by Crippen LogP contribution is -2.25. The van der Waals surface area contributed by atoms with Crippen molar-refractivity contribution in [2.24, 2.45) is 0 Å². The Balaban J connectivity index is 1.82. The molecule has 0 bridgehead atoms. The Morgan fingerprint density at radius 3 is 3.05 bits per heavy atom. The van der Waals surface area contributed by atoms with E-state index in [1.165, 1.54) is 0 Å². The van der Waals surface area contributed by atoms with E-state index in [0.717, 1.165) is 17.4 Å². The molecule has 2 rings (SSSR count). The molecule has 0 unspecified atom stereocenters. The highest BCUT2D eigenvalue weighted by molar-refractivity contribution is 9.10. The van der Waals surface area contributed by atoms with Crippen molar-refractivity contribution in [3.63, 3.8) is 0 Å². The summed E-state index contributed by atoms with van der Waals surface area (Å²) in [6.07, 6.45) is 4.45. The Morgan fingerprint density at radius 2 is 2.32 bits per heavy atom. The molecule has 4 nitrogen and oxygen atoms in total. The van der Waals surface area contributed by atoms with Gasteiger partial charge in [0.25, 0.3) is 5.91 Å². The maximum atomic E-state index is 11.9. The first-order chi connectivity index (χ1) is 9.16. The number of carbonyl (C=O) groups excluding carboxylic acids is 1. The van der Waals surface area contributed by atoms with Gasteiger partial charge in [-0.05, 0) is 30.7 Å². The number of hydrogen-bond acceptors (Lipinski definition) is 2. The first kappa shape index (κ1) is 14.1. The highest BCUT2D eigenvalue weighted by atomic mass is 79.9. The number of halogens is 2. The quantitative estimate of drug-likeness (QED) is 0.849. The van der Waals surface area contributed by atoms with Gasteiger partial charge in [-0.3, -0.25) is 9.48 Å². The minimum Gasteiger partial charge on any atom is -0.352 e. The second-order valence-corrected chi connectivity index (χ2v) is 5.33. The zero-order valence-electron chi connectivity index (χ0n) is 10.1. The molecule has 0 radical (unpaired) electrons. The standard InChI is InChI=1S/C13H13BrClN3O/c14-10-3-4-12(15)11(9-10)13(19)16-5-1-7-18-8-2-6-17-18/h2-4,6,8-9H,1,5,7H2,(H,16,19). The lowest BCUT2D eigenvalue weighted by Gasteiger charge is -2.07. The maximum Gasteiger partial charge on any atom is 0.252 e. The Bertz CT molecular complexity index is 557. The van der Waals surface area contributed by atoms with Crippen molar-refractivity contribution in [1.29, 1.82) is 0 Å². The van der Waals surface area contributed by atoms with Gasteiger partial charge in [0.05, 0.1) is 10.6 Å². The normalized spacial score (nSPS) is 10.4. The molecule has 6 heteroatoms. The molecular formula is C13H13BrClN3O. The molecule has 0 spiro atoms. The van der Waals surface area contributed by atoms with Crippen LogP contribution in [0.4, 0.5) is 0 Å². The van der Waals surface area contributed by atoms with E-state index in [-0.39, 0.29) is 5.91 Å². The smallest absolute Gasteiger partial charge is 0.252 e. The van der Waals surface area contributed by atoms with Gasteiger partial charge in [-0.2, -0.15) is 5.10 Å². The summed E-state index contributed by atoms with van der Waals surface area (Å²) in [6.45, 7) is 1.36. The Morgan fingerprint density at radius 1 is 1.47 bits per heavy atom. The van der Waals surface area contributed by atoms with E-state index in [0.29, 0.717) is 17.1 Å². The zero-order valence-corrected chi connectivity index (χ0v) is 12.5. The van der Waals surface area contributed by atoms with Gasteiger partial charge in [0.1, 0.15) is 0 Å². The number of amides is 1. The van der Waals surface area contributed by atoms with Gasteiger partial charge in [0.15, 0.2) is 0 Å². The number of nitrogens with zero attached hydrogens (tertiary/aromatic N) is 2. The summed E-state index contributed by atoms with van der Waals surface area (Å²) in [7, 11) is 0. The van der Waals surface area contributed by atoms with Crippen molar-refractivity contribution in [2.45, 2.75) is 13.0 Å². The van der Waals surface area contributed by atoms with Crippen LogP contribution in [0.15, 0.2) is 41.1 Å². The number of aryl methyl sites for hydroxylation is 1. The SMILES string of the molecule is O=C(NCCCn1cccn1)c1cc(Br)ccc1Cl. The lowest BCUT2D eigenvalue weighted by molar-refractivity contribution is 0.0952. The topological polar surface area (TPSA) is 46.9 Å². The van der Waals surface area contributed by atoms with Crippen LogP contribution in [0.5, 0.6) is 0 Å². The molecule has 1 aromatic carbocycles. The van der Waals surface area contributed by atoms with Gasteiger partial charge in [-0.15, -0.1) is 0 Å². The number of rotatable bonds is 5. The fourth-order valence-corrected chi connectivity index (χ4v) is 2.21. The molecule has 0 fully saturated rings. The van der Waals surface area contributed by atoms with Crippen LogP contribution in [-0.4, -0.2) is 22.2 Å². The van der Waals surface area contributed by atoms with E-state index in [4.69, 9.17) is 11.6 Å². The van der Waals surface area contributed by atoms with Crippen LogP contribution >= 0.6 is 27.5 Å². The van der Waals surface area contributed by atoms with Crippen molar-refractivity contribution in [3.05, 3.63) is 51.7 Å². The summed E-state index contributed by atoms with van der Waals surface area (Å²) in [5.74, 6) is -0.160. The highest BCUT2D eigenvalue weighted by Gasteiger charge is 2.09. The summed E-state index contributed by atoms with van der Waals surface area (Å²) in [4.78, 5) is 11.9. The lowest BCUT2D eigenvalue weighted by atomic mass is 10.2. The van der Waals surface area contributed by atoms with Crippen LogP contribution in [0.3, 0.4) is 0 Å². The molecule has 19 heavy (non-hydrogen) atoms. The van der Waals surface area contributed by atoms with Crippen molar-refractivity contribution in [3.8, 4) is 0 Å². The average molecular weight is 343 g/mol. The van der Waals surface area contributed by atoms with Crippen LogP contribution in [0, 0.1) is 0 Å². The van der Waals surface area contributed by atoms with E-state index in [1.807, 2.05) is 16.9 Å². The predicted molar refractivity (Wildman–Crippen MR) is 78.3 cm³/mol. The van der Waals surface area contributed by atoms with Gasteiger partial charge in [-0.1, -0.05) is 27.5 Å². The van der Waals surface area contributed by atoms with Crippen LogP contribution in [0.2, 0.25) is 5.02 Å². The van der Waals surface area contributed by atoms with E-state index in [1.54, 1.807) is 24.4 Å². The van der Waals surface area contributed by atoms with Crippen molar-refractivity contribution < 1.29 is 4.79 Å². The second kappa shape index (κ2) is 6.73. The van der Waals surface area contributed by atoms with Crippen molar-refractivity contribution >= 4 is 33.4 Å². The van der Waals surface area contributed by atoms with Crippen LogP contribution in [0.1, 0.15) is 16.8 Å². The summed E-state index contributed by atoms with van der Waals surface area (Å²) in [5.41, 5.74) is 0.482. The third-order valence-electron chi connectivity index (χ3n) is 2.58. The van der Waals surface area contributed by atoms with E-state index in [9.17, 15) is 4.79 Å². The molecule has 1 amide bonds. The molecule has 0 aliphatic carbocycles. The fraction of sp³-hybridized carbons (Fsp3) is 0.231. The molecule has 2 aromatic rings. The minimum atomic E-state index is -0.160. The Kier molecular flexibility index (Phi) is 4.99. The average Bonchev–Trinajstić information content (AvgIpc) is 2.90. The summed E-state index contributed by atoms with van der Waals surface area (Å²) in [6, 6.07) is 7.09. The predicted octanol–water partition coefficient (Wildman–Crippen LogP) is 3.12. The van der Waals surface area contributed by atoms with Gasteiger partial charge < -0.3 is 5.32 Å². The number of benzene rings is 1. The number of nitrogens with one attached hydrogen (secondary N) is 1. The third-order valence-corrected chi connectivity index (χ3v) is 3.40. The number of carbonyl (C=O) groups is 1. The highest BCUT2D eigenvalue weighted by Crippen LogP contribution is 2.20. The molecule has 0 saturated carbocycles. The summed E-state index contributed by atoms with van der Waals surface area (Å²) >= 11 is 9.31. The molecule has 0 saturated heterocycles. The van der Waals surface area contributed by atoms with E-state index >= 15 is 0 Å².